The van der Waals surface area contributed by atoms with Crippen LogP contribution < -0.4 is 5.73 Å². The van der Waals surface area contributed by atoms with Crippen molar-refractivity contribution < 1.29 is 4.92 Å². The minimum atomic E-state index is -0.478. The molecule has 0 amide bonds. The number of imidazole rings is 1. The van der Waals surface area contributed by atoms with E-state index in [1.165, 1.54) is 24.3 Å². The third kappa shape index (κ3) is 3.63. The number of hydrogen-bond donors (Lipinski definition) is 2. The molecule has 30 heavy (non-hydrogen) atoms. The van der Waals surface area contributed by atoms with Gasteiger partial charge in [0.05, 0.1) is 22.0 Å². The van der Waals surface area contributed by atoms with Gasteiger partial charge in [0.2, 0.25) is 0 Å². The molecule has 4 rings (SSSR count). The highest BCUT2D eigenvalue weighted by atomic mass is 16.6. The molecule has 0 aliphatic rings. The zero-order valence-electron chi connectivity index (χ0n) is 16.1. The van der Waals surface area contributed by atoms with Gasteiger partial charge in [0, 0.05) is 12.1 Å². The van der Waals surface area contributed by atoms with Crippen LogP contribution in [0.15, 0.2) is 69.0 Å². The minimum Gasteiger partial charge on any atom is -0.382 e. The van der Waals surface area contributed by atoms with Crippen LogP contribution in [0, 0.1) is 24.0 Å². The molecule has 2 aromatic heterocycles. The maximum absolute atomic E-state index is 10.7. The van der Waals surface area contributed by atoms with Crippen LogP contribution in [0.25, 0.3) is 5.65 Å². The highest BCUT2D eigenvalue weighted by Gasteiger charge is 2.17. The van der Waals surface area contributed by atoms with Crippen molar-refractivity contribution in [2.24, 2.45) is 20.5 Å². The van der Waals surface area contributed by atoms with E-state index < -0.39 is 4.92 Å². The van der Waals surface area contributed by atoms with Crippen molar-refractivity contribution >= 4 is 40.0 Å². The number of non-ortho nitro benzene ring substituents is 1. The number of aromatic nitrogens is 3. The number of azo groups is 2. The fraction of sp³-hybridized carbons (Fsp3) is 0.105. The van der Waals surface area contributed by atoms with E-state index in [2.05, 4.69) is 30.5 Å². The van der Waals surface area contributed by atoms with E-state index >= 15 is 0 Å². The predicted octanol–water partition coefficient (Wildman–Crippen LogP) is 5.60. The van der Waals surface area contributed by atoms with Gasteiger partial charge in [0.15, 0.2) is 17.2 Å². The molecule has 0 atom stereocenters. The van der Waals surface area contributed by atoms with Gasteiger partial charge in [0.1, 0.15) is 5.82 Å². The average Bonchev–Trinajstić information content (AvgIpc) is 3.19. The fourth-order valence-corrected chi connectivity index (χ4v) is 2.76. The van der Waals surface area contributed by atoms with Crippen molar-refractivity contribution in [3.8, 4) is 0 Å². The third-order valence-electron chi connectivity index (χ3n) is 4.34. The smallest absolute Gasteiger partial charge is 0.269 e. The number of aromatic amines is 1. The zero-order chi connectivity index (χ0) is 21.3. The van der Waals surface area contributed by atoms with Crippen molar-refractivity contribution in [3.63, 3.8) is 0 Å². The standard InChI is InChI=1S/C19H17N9O2/c1-11-3-5-13(6-4-11)23-25-18-12(2)21-19-16(17(20)26-27(18)19)24-22-14-7-9-15(10-8-14)28(29)30/h3-10,26H,20H2,1-2H3. The Labute approximate surface area is 170 Å². The molecule has 0 radical (unpaired) electrons. The molecule has 0 saturated heterocycles. The summed E-state index contributed by atoms with van der Waals surface area (Å²) in [5.74, 6) is 0.754. The Morgan fingerprint density at radius 1 is 0.967 bits per heavy atom. The maximum Gasteiger partial charge on any atom is 0.269 e. The first-order chi connectivity index (χ1) is 14.4. The Kier molecular flexibility index (Phi) is 4.76. The molecular formula is C19H17N9O2. The summed E-state index contributed by atoms with van der Waals surface area (Å²) in [6, 6.07) is 13.4. The molecule has 2 aromatic carbocycles. The van der Waals surface area contributed by atoms with E-state index in [9.17, 15) is 10.1 Å². The molecule has 150 valence electrons. The van der Waals surface area contributed by atoms with Gasteiger partial charge < -0.3 is 5.73 Å². The summed E-state index contributed by atoms with van der Waals surface area (Å²) in [7, 11) is 0. The number of nitrogens with zero attached hydrogens (tertiary/aromatic N) is 7. The Bertz CT molecular complexity index is 1280. The molecule has 2 heterocycles. The van der Waals surface area contributed by atoms with Crippen molar-refractivity contribution in [2.45, 2.75) is 13.8 Å². The quantitative estimate of drug-likeness (QED) is 0.253. The highest BCUT2D eigenvalue weighted by molar-refractivity contribution is 5.77. The Balaban J connectivity index is 1.65. The first-order valence-corrected chi connectivity index (χ1v) is 8.93. The summed E-state index contributed by atoms with van der Waals surface area (Å²) in [6.45, 7) is 3.80. The van der Waals surface area contributed by atoms with E-state index in [1.807, 2.05) is 31.2 Å². The second-order valence-corrected chi connectivity index (χ2v) is 6.56. The number of nitro groups is 1. The van der Waals surface area contributed by atoms with Crippen LogP contribution in [0.3, 0.4) is 0 Å². The summed E-state index contributed by atoms with van der Waals surface area (Å²) in [4.78, 5) is 14.7. The summed E-state index contributed by atoms with van der Waals surface area (Å²) in [6.07, 6.45) is 0. The van der Waals surface area contributed by atoms with Crippen molar-refractivity contribution in [2.75, 3.05) is 5.73 Å². The summed E-state index contributed by atoms with van der Waals surface area (Å²) in [5.41, 5.74) is 9.75. The number of rotatable bonds is 5. The number of H-pyrrole nitrogens is 1. The lowest BCUT2D eigenvalue weighted by Crippen LogP contribution is -1.88. The van der Waals surface area contributed by atoms with Crippen LogP contribution in [0.4, 0.5) is 34.4 Å². The molecule has 0 saturated carbocycles. The number of fused-ring (bicyclic) bond motifs is 1. The summed E-state index contributed by atoms with van der Waals surface area (Å²) >= 11 is 0. The third-order valence-corrected chi connectivity index (χ3v) is 4.34. The molecule has 11 heteroatoms. The van der Waals surface area contributed by atoms with Gasteiger partial charge in [-0.2, -0.15) is 5.11 Å². The first-order valence-electron chi connectivity index (χ1n) is 8.93. The number of aryl methyl sites for hydroxylation is 2. The summed E-state index contributed by atoms with van der Waals surface area (Å²) in [5, 5.41) is 30.5. The fourth-order valence-electron chi connectivity index (χ4n) is 2.76. The van der Waals surface area contributed by atoms with Gasteiger partial charge >= 0.3 is 0 Å². The topological polar surface area (TPSA) is 152 Å². The Morgan fingerprint density at radius 3 is 2.20 bits per heavy atom. The van der Waals surface area contributed by atoms with Gasteiger partial charge in [-0.25, -0.2) is 9.50 Å². The van der Waals surface area contributed by atoms with Gasteiger partial charge in [0.25, 0.3) is 5.69 Å². The van der Waals surface area contributed by atoms with Crippen LogP contribution in [0.1, 0.15) is 11.3 Å². The first kappa shape index (κ1) is 18.9. The molecule has 0 unspecified atom stereocenters. The van der Waals surface area contributed by atoms with Gasteiger partial charge in [-0.05, 0) is 38.1 Å². The minimum absolute atomic E-state index is 0.0232. The molecule has 0 spiro atoms. The van der Waals surface area contributed by atoms with Crippen LogP contribution in [-0.2, 0) is 0 Å². The van der Waals surface area contributed by atoms with Crippen molar-refractivity contribution in [3.05, 3.63) is 69.9 Å². The van der Waals surface area contributed by atoms with Crippen LogP contribution >= 0.6 is 0 Å². The molecule has 0 aliphatic carbocycles. The number of benzene rings is 2. The van der Waals surface area contributed by atoms with Gasteiger partial charge in [-0.3, -0.25) is 15.2 Å². The van der Waals surface area contributed by atoms with Gasteiger partial charge in [-0.1, -0.05) is 17.7 Å². The lowest BCUT2D eigenvalue weighted by molar-refractivity contribution is -0.384. The second-order valence-electron chi connectivity index (χ2n) is 6.56. The number of nitrogen functional groups attached to an aromatic ring is 1. The van der Waals surface area contributed by atoms with Crippen LogP contribution in [0.2, 0.25) is 0 Å². The van der Waals surface area contributed by atoms with Gasteiger partial charge in [-0.15, -0.1) is 15.3 Å². The Hall–Kier alpha value is -4.41. The molecule has 0 fully saturated rings. The lowest BCUT2D eigenvalue weighted by Gasteiger charge is -1.95. The predicted molar refractivity (Wildman–Crippen MR) is 111 cm³/mol. The number of nitrogens with one attached hydrogen (secondary N) is 1. The molecule has 11 nitrogen and oxygen atoms in total. The lowest BCUT2D eigenvalue weighted by atomic mass is 10.2. The normalized spacial score (nSPS) is 11.8. The number of nitro benzene ring substituents is 1. The van der Waals surface area contributed by atoms with E-state index in [1.54, 1.807) is 11.4 Å². The van der Waals surface area contributed by atoms with Crippen LogP contribution in [0.5, 0.6) is 0 Å². The van der Waals surface area contributed by atoms with E-state index in [4.69, 9.17) is 5.73 Å². The SMILES string of the molecule is Cc1ccc(N=Nc2c(C)nc3c(N=Nc4ccc([N+](=O)[O-])cc4)c(N)[nH]n23)cc1. The summed E-state index contributed by atoms with van der Waals surface area (Å²) < 4.78 is 1.59. The zero-order valence-corrected chi connectivity index (χ0v) is 16.1. The molecule has 0 aliphatic heterocycles. The highest BCUT2D eigenvalue weighted by Crippen LogP contribution is 2.34. The second kappa shape index (κ2) is 7.54. The average molecular weight is 403 g/mol. The maximum atomic E-state index is 10.7. The number of anilines is 1. The van der Waals surface area contributed by atoms with E-state index in [-0.39, 0.29) is 11.5 Å². The Morgan fingerprint density at radius 2 is 1.57 bits per heavy atom. The largest absolute Gasteiger partial charge is 0.382 e. The van der Waals surface area contributed by atoms with E-state index in [0.717, 1.165) is 5.56 Å². The molecular weight excluding hydrogens is 386 g/mol. The molecule has 4 aromatic rings. The molecule has 3 N–H and O–H groups in total. The van der Waals surface area contributed by atoms with Crippen molar-refractivity contribution in [1.29, 1.82) is 0 Å². The van der Waals surface area contributed by atoms with Crippen LogP contribution in [-0.4, -0.2) is 19.5 Å². The number of nitrogens with two attached hydrogens (primary N) is 1. The molecule has 0 bridgehead atoms. The van der Waals surface area contributed by atoms with E-state index in [0.29, 0.717) is 34.2 Å². The monoisotopic (exact) mass is 403 g/mol. The number of hydrogen-bond acceptors (Lipinski definition) is 8. The van der Waals surface area contributed by atoms with Crippen molar-refractivity contribution in [1.82, 2.24) is 14.6 Å².